The summed E-state index contributed by atoms with van der Waals surface area (Å²) < 4.78 is 0. The molecule has 0 fully saturated rings. The zero-order valence-corrected chi connectivity index (χ0v) is 15.6. The zero-order valence-electron chi connectivity index (χ0n) is 14.9. The highest BCUT2D eigenvalue weighted by molar-refractivity contribution is 6.31. The molecule has 0 aliphatic carbocycles. The van der Waals surface area contributed by atoms with E-state index in [4.69, 9.17) is 11.6 Å². The Labute approximate surface area is 167 Å². The van der Waals surface area contributed by atoms with Gasteiger partial charge in [0.25, 0.3) is 5.91 Å². The van der Waals surface area contributed by atoms with Gasteiger partial charge in [-0.05, 0) is 30.3 Å². The van der Waals surface area contributed by atoms with Crippen molar-refractivity contribution < 1.29 is 9.90 Å². The molecule has 5 nitrogen and oxygen atoms in total. The molecule has 1 atom stereocenters. The van der Waals surface area contributed by atoms with Crippen molar-refractivity contribution in [2.45, 2.75) is 6.17 Å². The second kappa shape index (κ2) is 7.29. The van der Waals surface area contributed by atoms with Gasteiger partial charge in [0.05, 0.1) is 11.3 Å². The van der Waals surface area contributed by atoms with Crippen LogP contribution in [0.2, 0.25) is 5.02 Å². The van der Waals surface area contributed by atoms with E-state index in [1.54, 1.807) is 36.4 Å². The van der Waals surface area contributed by atoms with Crippen LogP contribution in [-0.4, -0.2) is 16.0 Å². The molecule has 3 aromatic rings. The summed E-state index contributed by atoms with van der Waals surface area (Å²) in [6.45, 7) is 4.00. The summed E-state index contributed by atoms with van der Waals surface area (Å²) in [4.78, 5) is 13.2. The number of hydrogen-bond donors (Lipinski definition) is 3. The quantitative estimate of drug-likeness (QED) is 0.598. The molecule has 0 spiro atoms. The molecular weight excluding hydrogens is 374 g/mol. The molecule has 1 aliphatic heterocycles. The molecule has 0 saturated carbocycles. The number of aromatic hydroxyl groups is 1. The number of para-hydroxylation sites is 2. The Hall–Kier alpha value is -3.44. The highest BCUT2D eigenvalue weighted by atomic mass is 35.5. The third kappa shape index (κ3) is 3.17. The van der Waals surface area contributed by atoms with Crippen LogP contribution < -0.4 is 10.7 Å². The van der Waals surface area contributed by atoms with E-state index < -0.39 is 6.17 Å². The van der Waals surface area contributed by atoms with Crippen molar-refractivity contribution in [2.24, 2.45) is 0 Å². The van der Waals surface area contributed by atoms with Crippen LogP contribution in [0.3, 0.4) is 0 Å². The maximum Gasteiger partial charge on any atom is 0.276 e. The molecule has 6 heteroatoms. The number of fused-ring (bicyclic) bond motifs is 1. The van der Waals surface area contributed by atoms with Gasteiger partial charge in [0, 0.05) is 21.8 Å². The Morgan fingerprint density at radius 3 is 2.50 bits per heavy atom. The summed E-state index contributed by atoms with van der Waals surface area (Å²) in [5, 5.41) is 15.5. The molecule has 1 amide bonds. The molecule has 0 bridgehead atoms. The number of benzene rings is 3. The number of hydrogen-bond acceptors (Lipinski definition) is 4. The summed E-state index contributed by atoms with van der Waals surface area (Å²) >= 11 is 6.41. The van der Waals surface area contributed by atoms with Gasteiger partial charge >= 0.3 is 0 Å². The van der Waals surface area contributed by atoms with Crippen molar-refractivity contribution in [3.05, 3.63) is 101 Å². The topological polar surface area (TPSA) is 64.6 Å². The average molecular weight is 392 g/mol. The van der Waals surface area contributed by atoms with E-state index >= 15 is 0 Å². The Morgan fingerprint density at radius 1 is 1.04 bits per heavy atom. The van der Waals surface area contributed by atoms with E-state index in [2.05, 4.69) is 17.3 Å². The number of phenols is 1. The smallest absolute Gasteiger partial charge is 0.276 e. The Balaban J connectivity index is 1.75. The highest BCUT2D eigenvalue weighted by Gasteiger charge is 2.34. The Bertz CT molecular complexity index is 1070. The van der Waals surface area contributed by atoms with Crippen molar-refractivity contribution in [3.63, 3.8) is 0 Å². The third-order valence-electron chi connectivity index (χ3n) is 4.61. The van der Waals surface area contributed by atoms with Gasteiger partial charge in [0.1, 0.15) is 11.9 Å². The molecule has 1 aliphatic rings. The second-order valence-corrected chi connectivity index (χ2v) is 6.80. The zero-order chi connectivity index (χ0) is 19.7. The standard InChI is InChI=1S/C22H18ClN3O2/c1-14(15-8-4-7-13-20(15)27)25-26-21(16-9-2-5-11-18(16)23)24-19-12-6-3-10-17(19)22(26)28/h2-13,21,24-25,27H,1H2/t21-/m0/s1. The monoisotopic (exact) mass is 391 g/mol. The molecular formula is C22H18ClN3O2. The van der Waals surface area contributed by atoms with Gasteiger partial charge in [0.2, 0.25) is 0 Å². The lowest BCUT2D eigenvalue weighted by molar-refractivity contribution is 0.0613. The molecule has 140 valence electrons. The van der Waals surface area contributed by atoms with Gasteiger partial charge in [-0.1, -0.05) is 60.6 Å². The first kappa shape index (κ1) is 17.9. The van der Waals surface area contributed by atoms with Crippen LogP contribution in [0, 0.1) is 0 Å². The molecule has 1 heterocycles. The van der Waals surface area contributed by atoms with E-state index in [9.17, 15) is 9.90 Å². The number of nitrogens with one attached hydrogen (secondary N) is 2. The van der Waals surface area contributed by atoms with Crippen LogP contribution in [-0.2, 0) is 0 Å². The molecule has 3 N–H and O–H groups in total. The molecule has 4 rings (SSSR count). The van der Waals surface area contributed by atoms with E-state index in [1.807, 2.05) is 36.4 Å². The second-order valence-electron chi connectivity index (χ2n) is 6.40. The van der Waals surface area contributed by atoms with Crippen LogP contribution in [0.4, 0.5) is 5.69 Å². The van der Waals surface area contributed by atoms with Crippen molar-refractivity contribution in [1.29, 1.82) is 0 Å². The van der Waals surface area contributed by atoms with Crippen LogP contribution in [0.15, 0.2) is 79.4 Å². The van der Waals surface area contributed by atoms with Gasteiger partial charge in [-0.15, -0.1) is 0 Å². The number of hydrazine groups is 1. The summed E-state index contributed by atoms with van der Waals surface area (Å²) in [5.74, 6) is -0.150. The molecule has 28 heavy (non-hydrogen) atoms. The molecule has 0 aromatic heterocycles. The lowest BCUT2D eigenvalue weighted by Gasteiger charge is -2.39. The summed E-state index contributed by atoms with van der Waals surface area (Å²) in [6, 6.07) is 21.4. The van der Waals surface area contributed by atoms with E-state index in [0.717, 1.165) is 11.3 Å². The Kier molecular flexibility index (Phi) is 4.67. The fraction of sp³-hybridized carbons (Fsp3) is 0.0455. The number of rotatable bonds is 4. The number of anilines is 1. The maximum absolute atomic E-state index is 13.2. The molecule has 0 radical (unpaired) electrons. The lowest BCUT2D eigenvalue weighted by Crippen LogP contribution is -2.50. The summed E-state index contributed by atoms with van der Waals surface area (Å²) in [6.07, 6.45) is -0.557. The predicted molar refractivity (Wildman–Crippen MR) is 111 cm³/mol. The van der Waals surface area contributed by atoms with Crippen LogP contribution in [0.25, 0.3) is 5.70 Å². The third-order valence-corrected chi connectivity index (χ3v) is 4.96. The van der Waals surface area contributed by atoms with Crippen LogP contribution in [0.5, 0.6) is 5.75 Å². The number of carbonyl (C=O) groups excluding carboxylic acids is 1. The van der Waals surface area contributed by atoms with Crippen LogP contribution in [0.1, 0.15) is 27.7 Å². The van der Waals surface area contributed by atoms with Gasteiger partial charge in [-0.2, -0.15) is 0 Å². The van der Waals surface area contributed by atoms with Crippen molar-refractivity contribution in [2.75, 3.05) is 5.32 Å². The van der Waals surface area contributed by atoms with Crippen molar-refractivity contribution >= 4 is 28.9 Å². The normalized spacial score (nSPS) is 15.5. The van der Waals surface area contributed by atoms with Gasteiger partial charge < -0.3 is 10.4 Å². The predicted octanol–water partition coefficient (Wildman–Crippen LogP) is 4.79. The largest absolute Gasteiger partial charge is 0.507 e. The number of carbonyl (C=O) groups is 1. The first-order valence-electron chi connectivity index (χ1n) is 8.74. The van der Waals surface area contributed by atoms with Crippen LogP contribution >= 0.6 is 11.6 Å². The fourth-order valence-corrected chi connectivity index (χ4v) is 3.46. The average Bonchev–Trinajstić information content (AvgIpc) is 2.71. The van der Waals surface area contributed by atoms with Gasteiger partial charge in [-0.3, -0.25) is 10.2 Å². The van der Waals surface area contributed by atoms with E-state index in [-0.39, 0.29) is 11.7 Å². The minimum atomic E-state index is -0.557. The molecule has 0 saturated heterocycles. The molecule has 3 aromatic carbocycles. The van der Waals surface area contributed by atoms with Crippen molar-refractivity contribution in [3.8, 4) is 5.75 Å². The number of amides is 1. The summed E-state index contributed by atoms with van der Waals surface area (Å²) in [7, 11) is 0. The SMILES string of the molecule is C=C(NN1C(=O)c2ccccc2N[C@@H]1c1ccccc1Cl)c1ccccc1O. The fourth-order valence-electron chi connectivity index (χ4n) is 3.22. The number of phenolic OH excluding ortho intramolecular Hbond substituents is 1. The lowest BCUT2D eigenvalue weighted by atomic mass is 10.0. The first-order chi connectivity index (χ1) is 13.6. The summed E-state index contributed by atoms with van der Waals surface area (Å²) in [5.41, 5.74) is 5.95. The minimum absolute atomic E-state index is 0.0760. The van der Waals surface area contributed by atoms with Gasteiger partial charge in [0.15, 0.2) is 0 Å². The number of halogens is 1. The number of nitrogens with zero attached hydrogens (tertiary/aromatic N) is 1. The van der Waals surface area contributed by atoms with E-state index in [1.165, 1.54) is 5.01 Å². The van der Waals surface area contributed by atoms with Gasteiger partial charge in [-0.25, -0.2) is 5.01 Å². The first-order valence-corrected chi connectivity index (χ1v) is 9.11. The Morgan fingerprint density at radius 2 is 1.71 bits per heavy atom. The maximum atomic E-state index is 13.2. The van der Waals surface area contributed by atoms with Crippen molar-refractivity contribution in [1.82, 2.24) is 10.4 Å². The minimum Gasteiger partial charge on any atom is -0.507 e. The molecule has 0 unspecified atom stereocenters. The van der Waals surface area contributed by atoms with E-state index in [0.29, 0.717) is 21.8 Å². The highest BCUT2D eigenvalue weighted by Crippen LogP contribution is 2.35.